The van der Waals surface area contributed by atoms with Gasteiger partial charge < -0.3 is 14.9 Å². The molecule has 2 unspecified atom stereocenters. The molecular weight excluding hydrogens is 172 g/mol. The maximum Gasteiger partial charge on any atom is 0.312 e. The first kappa shape index (κ1) is 10.5. The number of carbonyl (C=O) groups is 1. The molecule has 4 heteroatoms. The van der Waals surface area contributed by atoms with Crippen LogP contribution in [0.5, 0.6) is 0 Å². The minimum Gasteiger partial charge on any atom is -0.481 e. The highest BCUT2D eigenvalue weighted by Crippen LogP contribution is 2.41. The van der Waals surface area contributed by atoms with E-state index in [1.54, 1.807) is 6.92 Å². The molecule has 0 aromatic rings. The molecular formula is C9H16O4. The smallest absolute Gasteiger partial charge is 0.312 e. The van der Waals surface area contributed by atoms with Crippen molar-refractivity contribution in [1.82, 2.24) is 0 Å². The first-order valence-corrected chi connectivity index (χ1v) is 4.40. The molecule has 1 heterocycles. The van der Waals surface area contributed by atoms with Gasteiger partial charge in [0.1, 0.15) is 5.60 Å². The van der Waals surface area contributed by atoms with Gasteiger partial charge in [-0.05, 0) is 20.8 Å². The molecule has 0 radical (unpaired) electrons. The predicted molar refractivity (Wildman–Crippen MR) is 46.4 cm³/mol. The van der Waals surface area contributed by atoms with Gasteiger partial charge in [-0.3, -0.25) is 4.79 Å². The highest BCUT2D eigenvalue weighted by atomic mass is 16.5. The lowest BCUT2D eigenvalue weighted by molar-refractivity contribution is -0.171. The quantitative estimate of drug-likeness (QED) is 0.667. The summed E-state index contributed by atoms with van der Waals surface area (Å²) in [6.07, 6.45) is -0.0356. The van der Waals surface area contributed by atoms with Crippen molar-refractivity contribution in [3.63, 3.8) is 0 Å². The molecule has 0 aromatic heterocycles. The molecule has 0 amide bonds. The minimum atomic E-state index is -1.25. The largest absolute Gasteiger partial charge is 0.481 e. The van der Waals surface area contributed by atoms with E-state index in [2.05, 4.69) is 0 Å². The number of rotatable bonds is 2. The van der Waals surface area contributed by atoms with Crippen molar-refractivity contribution >= 4 is 5.97 Å². The third kappa shape index (κ3) is 1.34. The Morgan fingerprint density at radius 3 is 2.46 bits per heavy atom. The summed E-state index contributed by atoms with van der Waals surface area (Å²) in [5.74, 6) is -0.993. The van der Waals surface area contributed by atoms with E-state index in [-0.39, 0.29) is 0 Å². The van der Waals surface area contributed by atoms with Gasteiger partial charge in [-0.15, -0.1) is 0 Å². The van der Waals surface area contributed by atoms with Gasteiger partial charge in [0, 0.05) is 13.0 Å². The summed E-state index contributed by atoms with van der Waals surface area (Å²) in [5, 5.41) is 19.1. The molecule has 1 aliphatic rings. The molecule has 0 aromatic carbocycles. The first-order valence-electron chi connectivity index (χ1n) is 4.40. The molecule has 2 atom stereocenters. The van der Waals surface area contributed by atoms with Crippen LogP contribution < -0.4 is 0 Å². The molecule has 0 aliphatic carbocycles. The van der Waals surface area contributed by atoms with Gasteiger partial charge >= 0.3 is 5.97 Å². The molecule has 1 aliphatic heterocycles. The van der Waals surface area contributed by atoms with Crippen LogP contribution >= 0.6 is 0 Å². The van der Waals surface area contributed by atoms with Gasteiger partial charge in [0.15, 0.2) is 0 Å². The monoisotopic (exact) mass is 188 g/mol. The van der Waals surface area contributed by atoms with Crippen LogP contribution in [0.15, 0.2) is 0 Å². The molecule has 13 heavy (non-hydrogen) atoms. The lowest BCUT2D eigenvalue weighted by atomic mass is 9.71. The summed E-state index contributed by atoms with van der Waals surface area (Å²) < 4.78 is 5.19. The van der Waals surface area contributed by atoms with Gasteiger partial charge in [-0.1, -0.05) is 0 Å². The number of aliphatic carboxylic acids is 1. The number of hydrogen-bond acceptors (Lipinski definition) is 3. The zero-order valence-electron chi connectivity index (χ0n) is 8.20. The first-order chi connectivity index (χ1) is 5.82. The summed E-state index contributed by atoms with van der Waals surface area (Å²) in [6, 6.07) is 0. The van der Waals surface area contributed by atoms with Crippen LogP contribution in [0.3, 0.4) is 0 Å². The Bertz CT molecular complexity index is 224. The summed E-state index contributed by atoms with van der Waals surface area (Å²) in [4.78, 5) is 10.9. The van der Waals surface area contributed by atoms with Crippen LogP contribution in [-0.2, 0) is 9.53 Å². The summed E-state index contributed by atoms with van der Waals surface area (Å²) in [5.41, 5.74) is -2.41. The molecule has 4 nitrogen and oxygen atoms in total. The average molecular weight is 188 g/mol. The fraction of sp³-hybridized carbons (Fsp3) is 0.889. The van der Waals surface area contributed by atoms with E-state index < -0.39 is 23.1 Å². The molecule has 1 saturated heterocycles. The number of aliphatic hydroxyl groups is 1. The van der Waals surface area contributed by atoms with E-state index in [4.69, 9.17) is 9.84 Å². The molecule has 0 spiro atoms. The van der Waals surface area contributed by atoms with Gasteiger partial charge in [-0.2, -0.15) is 0 Å². The fourth-order valence-electron chi connectivity index (χ4n) is 1.74. The average Bonchev–Trinajstić information content (AvgIpc) is 2.33. The highest BCUT2D eigenvalue weighted by molar-refractivity contribution is 5.75. The van der Waals surface area contributed by atoms with E-state index in [9.17, 15) is 9.90 Å². The van der Waals surface area contributed by atoms with Gasteiger partial charge in [0.2, 0.25) is 0 Å². The molecule has 0 bridgehead atoms. The standard InChI is InChI=1S/C9H16O4/c1-6-9(12,4-5-13-6)8(2,3)7(10)11/h6,12H,4-5H2,1-3H3,(H,10,11). The normalized spacial score (nSPS) is 34.9. The minimum absolute atomic E-state index is 0.382. The Kier molecular flexibility index (Phi) is 2.38. The molecule has 76 valence electrons. The third-order valence-corrected chi connectivity index (χ3v) is 3.14. The van der Waals surface area contributed by atoms with E-state index in [0.29, 0.717) is 13.0 Å². The van der Waals surface area contributed by atoms with E-state index >= 15 is 0 Å². The van der Waals surface area contributed by atoms with Gasteiger partial charge in [-0.25, -0.2) is 0 Å². The second kappa shape index (κ2) is 2.96. The lowest BCUT2D eigenvalue weighted by Crippen LogP contribution is -2.53. The molecule has 2 N–H and O–H groups in total. The van der Waals surface area contributed by atoms with Crippen LogP contribution in [0.1, 0.15) is 27.2 Å². The zero-order chi connectivity index (χ0) is 10.3. The molecule has 1 rings (SSSR count). The van der Waals surface area contributed by atoms with Crippen LogP contribution in [0.25, 0.3) is 0 Å². The van der Waals surface area contributed by atoms with Crippen molar-refractivity contribution in [1.29, 1.82) is 0 Å². The van der Waals surface area contributed by atoms with Crippen molar-refractivity contribution < 1.29 is 19.7 Å². The lowest BCUT2D eigenvalue weighted by Gasteiger charge is -2.38. The number of carboxylic acids is 1. The topological polar surface area (TPSA) is 66.8 Å². The van der Waals surface area contributed by atoms with Crippen molar-refractivity contribution in [3.05, 3.63) is 0 Å². The second-order valence-corrected chi connectivity index (χ2v) is 4.12. The van der Waals surface area contributed by atoms with E-state index in [1.807, 2.05) is 0 Å². The van der Waals surface area contributed by atoms with Crippen LogP contribution in [0.4, 0.5) is 0 Å². The summed E-state index contributed by atoms with van der Waals surface area (Å²) in [6.45, 7) is 5.19. The Labute approximate surface area is 77.5 Å². The highest BCUT2D eigenvalue weighted by Gasteiger charge is 2.55. The van der Waals surface area contributed by atoms with Crippen molar-refractivity contribution in [2.75, 3.05) is 6.61 Å². The number of hydrogen-bond donors (Lipinski definition) is 2. The van der Waals surface area contributed by atoms with Crippen LogP contribution in [-0.4, -0.2) is 34.5 Å². The maximum absolute atomic E-state index is 10.9. The van der Waals surface area contributed by atoms with Crippen molar-refractivity contribution in [2.45, 2.75) is 38.9 Å². The Morgan fingerprint density at radius 1 is 1.62 bits per heavy atom. The van der Waals surface area contributed by atoms with E-state index in [0.717, 1.165) is 0 Å². The van der Waals surface area contributed by atoms with Gasteiger partial charge in [0.05, 0.1) is 11.5 Å². The molecule has 1 fully saturated rings. The van der Waals surface area contributed by atoms with Crippen LogP contribution in [0.2, 0.25) is 0 Å². The number of carboxylic acid groups (broad SMARTS) is 1. The Morgan fingerprint density at radius 2 is 2.15 bits per heavy atom. The number of ether oxygens (including phenoxy) is 1. The molecule has 0 saturated carbocycles. The summed E-state index contributed by atoms with van der Waals surface area (Å²) >= 11 is 0. The van der Waals surface area contributed by atoms with E-state index in [1.165, 1.54) is 13.8 Å². The van der Waals surface area contributed by atoms with Crippen molar-refractivity contribution in [3.8, 4) is 0 Å². The Hall–Kier alpha value is -0.610. The fourth-order valence-corrected chi connectivity index (χ4v) is 1.74. The predicted octanol–water partition coefficient (Wildman–Crippen LogP) is 0.637. The zero-order valence-corrected chi connectivity index (χ0v) is 8.20. The second-order valence-electron chi connectivity index (χ2n) is 4.12. The third-order valence-electron chi connectivity index (χ3n) is 3.14. The SMILES string of the molecule is CC1OCCC1(O)C(C)(C)C(=O)O. The Balaban J connectivity index is 2.97. The van der Waals surface area contributed by atoms with Crippen molar-refractivity contribution in [2.24, 2.45) is 5.41 Å². The van der Waals surface area contributed by atoms with Crippen LogP contribution in [0, 0.1) is 5.41 Å². The maximum atomic E-state index is 10.9. The van der Waals surface area contributed by atoms with Gasteiger partial charge in [0.25, 0.3) is 0 Å². The summed E-state index contributed by atoms with van der Waals surface area (Å²) in [7, 11) is 0.